The number of hydrogen-bond acceptors (Lipinski definition) is 5. The number of ether oxygens (including phenoxy) is 1. The van der Waals surface area contributed by atoms with Crippen LogP contribution in [0.15, 0.2) is 47.6 Å². The van der Waals surface area contributed by atoms with Crippen molar-refractivity contribution in [2.24, 2.45) is 11.3 Å². The molecule has 1 aliphatic carbocycles. The SMILES string of the molecule is CC=CC=CC(=O)CC1=C(C)C(=O)C2(C)OC(=O)C1(C)C2CC(=O)CCC=CC. The number of carbonyl (C=O) groups is 4. The minimum Gasteiger partial charge on any atom is -0.450 e. The first-order valence-electron chi connectivity index (χ1n) is 10.1. The fourth-order valence-corrected chi connectivity index (χ4v) is 4.46. The van der Waals surface area contributed by atoms with Crippen molar-refractivity contribution in [3.05, 3.63) is 47.6 Å². The Morgan fingerprint density at radius 1 is 1.10 bits per heavy atom. The molecule has 5 heteroatoms. The van der Waals surface area contributed by atoms with Gasteiger partial charge in [-0.1, -0.05) is 30.4 Å². The molecule has 3 unspecified atom stereocenters. The van der Waals surface area contributed by atoms with Gasteiger partial charge in [0.05, 0.1) is 5.41 Å². The van der Waals surface area contributed by atoms with Crippen LogP contribution in [0.3, 0.4) is 0 Å². The summed E-state index contributed by atoms with van der Waals surface area (Å²) in [6.07, 6.45) is 11.4. The van der Waals surface area contributed by atoms with E-state index in [1.807, 2.05) is 26.0 Å². The Bertz CT molecular complexity index is 841. The zero-order valence-electron chi connectivity index (χ0n) is 17.9. The van der Waals surface area contributed by atoms with Crippen LogP contribution in [0.1, 0.15) is 60.3 Å². The lowest BCUT2D eigenvalue weighted by Crippen LogP contribution is -2.50. The molecule has 0 amide bonds. The van der Waals surface area contributed by atoms with Crippen LogP contribution in [0, 0.1) is 11.3 Å². The molecule has 0 radical (unpaired) electrons. The van der Waals surface area contributed by atoms with E-state index in [0.29, 0.717) is 24.0 Å². The molecule has 1 aliphatic heterocycles. The molecule has 29 heavy (non-hydrogen) atoms. The summed E-state index contributed by atoms with van der Waals surface area (Å²) < 4.78 is 5.57. The van der Waals surface area contributed by atoms with Gasteiger partial charge >= 0.3 is 5.97 Å². The van der Waals surface area contributed by atoms with Crippen LogP contribution in [0.4, 0.5) is 0 Å². The molecule has 0 aromatic carbocycles. The minimum absolute atomic E-state index is 0.0186. The van der Waals surface area contributed by atoms with Crippen molar-refractivity contribution in [2.75, 3.05) is 0 Å². The Morgan fingerprint density at radius 2 is 1.79 bits per heavy atom. The largest absolute Gasteiger partial charge is 0.450 e. The van der Waals surface area contributed by atoms with Crippen LogP contribution in [-0.4, -0.2) is 28.9 Å². The van der Waals surface area contributed by atoms with Crippen LogP contribution < -0.4 is 0 Å². The van der Waals surface area contributed by atoms with Crippen molar-refractivity contribution in [1.82, 2.24) is 0 Å². The highest BCUT2D eigenvalue weighted by molar-refractivity contribution is 6.11. The standard InChI is InChI=1S/C24H30O5/c1-6-8-10-12-17(25)14-19-16(3)21(27)24(5)20(23(19,4)22(28)29-24)15-18(26)13-11-9-7-2/h6-10,12,20H,11,13-15H2,1-5H3. The summed E-state index contributed by atoms with van der Waals surface area (Å²) in [7, 11) is 0. The second-order valence-electron chi connectivity index (χ2n) is 8.06. The van der Waals surface area contributed by atoms with E-state index in [0.717, 1.165) is 0 Å². The maximum Gasteiger partial charge on any atom is 0.317 e. The number of carbonyl (C=O) groups excluding carboxylic acids is 4. The smallest absolute Gasteiger partial charge is 0.317 e. The van der Waals surface area contributed by atoms with Crippen molar-refractivity contribution in [3.8, 4) is 0 Å². The molecular formula is C24H30O5. The minimum atomic E-state index is -1.36. The molecule has 0 N–H and O–H groups in total. The maximum atomic E-state index is 13.1. The maximum absolute atomic E-state index is 13.1. The number of Topliss-reactive ketones (excluding diaryl/α,β-unsaturated/α-hetero) is 2. The fraction of sp³-hybridized carbons (Fsp3) is 0.500. The average molecular weight is 398 g/mol. The van der Waals surface area contributed by atoms with E-state index in [2.05, 4.69) is 0 Å². The molecule has 2 aliphatic rings. The van der Waals surface area contributed by atoms with Crippen LogP contribution in [-0.2, 0) is 23.9 Å². The molecular weight excluding hydrogens is 368 g/mol. The molecule has 3 atom stereocenters. The molecule has 2 bridgehead atoms. The Kier molecular flexibility index (Phi) is 6.93. The monoisotopic (exact) mass is 398 g/mol. The Balaban J connectivity index is 2.40. The Hall–Kier alpha value is -2.56. The lowest BCUT2D eigenvalue weighted by Gasteiger charge is -2.40. The van der Waals surface area contributed by atoms with Gasteiger partial charge in [0.15, 0.2) is 11.4 Å². The highest BCUT2D eigenvalue weighted by Crippen LogP contribution is 2.58. The number of fused-ring (bicyclic) bond motifs is 2. The number of hydrogen-bond donors (Lipinski definition) is 0. The van der Waals surface area contributed by atoms with Crippen molar-refractivity contribution < 1.29 is 23.9 Å². The van der Waals surface area contributed by atoms with E-state index < -0.39 is 22.9 Å². The second kappa shape index (κ2) is 8.85. The molecule has 0 spiro atoms. The first-order valence-corrected chi connectivity index (χ1v) is 10.1. The van der Waals surface area contributed by atoms with Crippen LogP contribution in [0.25, 0.3) is 0 Å². The highest BCUT2D eigenvalue weighted by Gasteiger charge is 2.68. The third kappa shape index (κ3) is 4.09. The predicted octanol–water partition coefficient (Wildman–Crippen LogP) is 4.23. The van der Waals surface area contributed by atoms with Gasteiger partial charge in [0.25, 0.3) is 0 Å². The number of rotatable bonds is 9. The summed E-state index contributed by atoms with van der Waals surface area (Å²) in [6.45, 7) is 8.68. The second-order valence-corrected chi connectivity index (χ2v) is 8.06. The van der Waals surface area contributed by atoms with Crippen molar-refractivity contribution >= 4 is 23.3 Å². The van der Waals surface area contributed by atoms with Crippen LogP contribution >= 0.6 is 0 Å². The molecule has 0 saturated carbocycles. The summed E-state index contributed by atoms with van der Waals surface area (Å²) in [5, 5.41) is 0. The van der Waals surface area contributed by atoms with Gasteiger partial charge < -0.3 is 4.74 Å². The van der Waals surface area contributed by atoms with Gasteiger partial charge in [-0.25, -0.2) is 0 Å². The highest BCUT2D eigenvalue weighted by atomic mass is 16.6. The topological polar surface area (TPSA) is 77.5 Å². The van der Waals surface area contributed by atoms with Gasteiger partial charge in [0, 0.05) is 25.2 Å². The van der Waals surface area contributed by atoms with Crippen LogP contribution in [0.5, 0.6) is 0 Å². The third-order valence-electron chi connectivity index (χ3n) is 6.16. The van der Waals surface area contributed by atoms with Crippen molar-refractivity contribution in [1.29, 1.82) is 0 Å². The Morgan fingerprint density at radius 3 is 2.41 bits per heavy atom. The van der Waals surface area contributed by atoms with Crippen LogP contribution in [0.2, 0.25) is 0 Å². The first kappa shape index (κ1) is 22.7. The van der Waals surface area contributed by atoms with E-state index in [1.54, 1.807) is 39.0 Å². The first-order chi connectivity index (χ1) is 13.6. The van der Waals surface area contributed by atoms with E-state index >= 15 is 0 Å². The van der Waals surface area contributed by atoms with E-state index in [-0.39, 0.29) is 30.2 Å². The molecule has 2 rings (SSSR count). The van der Waals surface area contributed by atoms with E-state index in [9.17, 15) is 19.2 Å². The lowest BCUT2D eigenvalue weighted by atomic mass is 9.58. The third-order valence-corrected chi connectivity index (χ3v) is 6.16. The van der Waals surface area contributed by atoms with E-state index in [1.165, 1.54) is 6.08 Å². The summed E-state index contributed by atoms with van der Waals surface area (Å²) in [5.74, 6) is -1.68. The summed E-state index contributed by atoms with van der Waals surface area (Å²) >= 11 is 0. The van der Waals surface area contributed by atoms with Gasteiger partial charge in [-0.2, -0.15) is 0 Å². The normalized spacial score (nSPS) is 29.5. The molecule has 156 valence electrons. The summed E-state index contributed by atoms with van der Waals surface area (Å²) in [4.78, 5) is 51.0. The molecule has 1 saturated heterocycles. The molecule has 1 heterocycles. The zero-order valence-corrected chi connectivity index (χ0v) is 17.9. The summed E-state index contributed by atoms with van der Waals surface area (Å²) in [5.41, 5.74) is -1.65. The number of allylic oxidation sites excluding steroid dienone is 6. The molecule has 5 nitrogen and oxygen atoms in total. The van der Waals surface area contributed by atoms with Crippen molar-refractivity contribution in [3.63, 3.8) is 0 Å². The fourth-order valence-electron chi connectivity index (χ4n) is 4.46. The van der Waals surface area contributed by atoms with E-state index in [4.69, 9.17) is 4.74 Å². The van der Waals surface area contributed by atoms with Crippen molar-refractivity contribution in [2.45, 2.75) is 65.9 Å². The number of ketones is 3. The molecule has 0 aromatic heterocycles. The van der Waals surface area contributed by atoms with Gasteiger partial charge in [-0.05, 0) is 58.3 Å². The molecule has 1 fully saturated rings. The molecule has 0 aromatic rings. The predicted molar refractivity (Wildman–Crippen MR) is 111 cm³/mol. The van der Waals surface area contributed by atoms with Gasteiger partial charge in [0.2, 0.25) is 5.78 Å². The summed E-state index contributed by atoms with van der Waals surface area (Å²) in [6, 6.07) is 0. The Labute approximate surface area is 172 Å². The van der Waals surface area contributed by atoms with Gasteiger partial charge in [-0.15, -0.1) is 0 Å². The van der Waals surface area contributed by atoms with Gasteiger partial charge in [-0.3, -0.25) is 19.2 Å². The lowest BCUT2D eigenvalue weighted by molar-refractivity contribution is -0.156. The quantitative estimate of drug-likeness (QED) is 0.251. The average Bonchev–Trinajstić information content (AvgIpc) is 2.84. The zero-order chi connectivity index (χ0) is 21.8. The van der Waals surface area contributed by atoms with Gasteiger partial charge in [0.1, 0.15) is 5.78 Å². The number of esters is 1.